The van der Waals surface area contributed by atoms with Crippen molar-refractivity contribution in [2.24, 2.45) is 5.16 Å². The first-order valence-corrected chi connectivity index (χ1v) is 11.4. The van der Waals surface area contributed by atoms with E-state index in [0.29, 0.717) is 17.5 Å². The van der Waals surface area contributed by atoms with Gasteiger partial charge in [0.25, 0.3) is 0 Å². The lowest BCUT2D eigenvalue weighted by Crippen LogP contribution is -2.63. The second kappa shape index (κ2) is 9.98. The van der Waals surface area contributed by atoms with Crippen LogP contribution in [-0.2, 0) is 14.3 Å². The summed E-state index contributed by atoms with van der Waals surface area (Å²) < 4.78 is 22.4. The molecule has 1 aromatic carbocycles. The van der Waals surface area contributed by atoms with Gasteiger partial charge < -0.3 is 38.8 Å². The predicted octanol–water partition coefficient (Wildman–Crippen LogP) is 2.19. The van der Waals surface area contributed by atoms with Crippen LogP contribution in [0.15, 0.2) is 26.5 Å². The van der Waals surface area contributed by atoms with Gasteiger partial charge in [-0.2, -0.15) is 0 Å². The maximum atomic E-state index is 12.6. The van der Waals surface area contributed by atoms with Gasteiger partial charge in [-0.3, -0.25) is 0 Å². The molecule has 0 spiro atoms. The van der Waals surface area contributed by atoms with Gasteiger partial charge in [0.15, 0.2) is 0 Å². The fourth-order valence-corrected chi connectivity index (χ4v) is 4.01. The Balaban J connectivity index is 1.97. The van der Waals surface area contributed by atoms with Crippen molar-refractivity contribution in [3.05, 3.63) is 33.7 Å². The minimum atomic E-state index is -1.39. The third kappa shape index (κ3) is 4.87. The number of benzene rings is 1. The highest BCUT2D eigenvalue weighted by Gasteiger charge is 2.50. The Morgan fingerprint density at radius 3 is 2.61 bits per heavy atom. The number of methoxy groups -OCH3 is 1. The van der Waals surface area contributed by atoms with Crippen molar-refractivity contribution in [3.8, 4) is 11.5 Å². The van der Waals surface area contributed by atoms with Gasteiger partial charge >= 0.3 is 5.63 Å². The van der Waals surface area contributed by atoms with Crippen molar-refractivity contribution in [2.75, 3.05) is 19.0 Å². The van der Waals surface area contributed by atoms with E-state index in [2.05, 4.69) is 21.1 Å². The Kier molecular flexibility index (Phi) is 7.69. The lowest BCUT2D eigenvalue weighted by atomic mass is 9.89. The zero-order valence-electron chi connectivity index (χ0n) is 19.0. The van der Waals surface area contributed by atoms with Crippen LogP contribution in [0, 0.1) is 6.92 Å². The van der Waals surface area contributed by atoms with Crippen LogP contribution in [0.4, 0.5) is 0 Å². The van der Waals surface area contributed by atoms with Crippen molar-refractivity contribution in [1.82, 2.24) is 0 Å². The number of halogens is 1. The fourth-order valence-electron chi connectivity index (χ4n) is 3.87. The van der Waals surface area contributed by atoms with E-state index in [1.165, 1.54) is 20.1 Å². The maximum Gasteiger partial charge on any atom is 0.349 e. The molecule has 10 nitrogen and oxygen atoms in total. The van der Waals surface area contributed by atoms with E-state index < -0.39 is 35.8 Å². The highest BCUT2D eigenvalue weighted by Crippen LogP contribution is 2.37. The molecule has 0 aliphatic carbocycles. The van der Waals surface area contributed by atoms with E-state index >= 15 is 0 Å². The maximum absolute atomic E-state index is 12.6. The Bertz CT molecular complexity index is 1100. The van der Waals surface area contributed by atoms with Gasteiger partial charge in [-0.1, -0.05) is 21.1 Å². The van der Waals surface area contributed by atoms with Gasteiger partial charge in [0.1, 0.15) is 47.6 Å². The molecular weight excluding hydrogens is 502 g/mol. The normalized spacial score (nSPS) is 25.3. The highest BCUT2D eigenvalue weighted by atomic mass is 79.9. The smallest absolute Gasteiger partial charge is 0.349 e. The minimum Gasteiger partial charge on any atom is -0.506 e. The van der Waals surface area contributed by atoms with E-state index in [0.717, 1.165) is 0 Å². The third-order valence-electron chi connectivity index (χ3n) is 5.52. The Labute approximate surface area is 198 Å². The lowest BCUT2D eigenvalue weighted by Gasteiger charge is -2.46. The zero-order chi connectivity index (χ0) is 24.5. The van der Waals surface area contributed by atoms with E-state index in [-0.39, 0.29) is 33.7 Å². The molecule has 33 heavy (non-hydrogen) atoms. The van der Waals surface area contributed by atoms with Gasteiger partial charge in [-0.15, -0.1) is 0 Å². The highest BCUT2D eigenvalue weighted by molar-refractivity contribution is 9.09. The van der Waals surface area contributed by atoms with Crippen molar-refractivity contribution in [3.63, 3.8) is 0 Å². The van der Waals surface area contributed by atoms with Crippen LogP contribution in [0.1, 0.15) is 31.9 Å². The van der Waals surface area contributed by atoms with Gasteiger partial charge in [0.05, 0.1) is 16.7 Å². The quantitative estimate of drug-likeness (QED) is 0.162. The first-order valence-electron chi connectivity index (χ1n) is 10.3. The summed E-state index contributed by atoms with van der Waals surface area (Å²) >= 11 is 3.21. The molecule has 0 radical (unpaired) electrons. The van der Waals surface area contributed by atoms with E-state index in [1.807, 2.05) is 0 Å². The summed E-state index contributed by atoms with van der Waals surface area (Å²) in [5.41, 5.74) is -1.17. The number of aryl methyl sites for hydroxylation is 1. The SMILES string of the molecule is CO[C@@H]1[C@H](O)[C@@H](O)[C@H](Oc2ccc3c(O)c(C(C)=NOCCBr)c(=O)oc3c2C)OC1(C)C. The molecule has 4 atom stereocenters. The van der Waals surface area contributed by atoms with Gasteiger partial charge in [-0.05, 0) is 39.8 Å². The van der Waals surface area contributed by atoms with Crippen LogP contribution in [0.5, 0.6) is 11.5 Å². The average Bonchev–Trinajstić information content (AvgIpc) is 2.74. The number of aromatic hydroxyl groups is 1. The van der Waals surface area contributed by atoms with Crippen molar-refractivity contribution in [2.45, 2.75) is 57.9 Å². The van der Waals surface area contributed by atoms with E-state index in [1.54, 1.807) is 26.8 Å². The fraction of sp³-hybridized carbons (Fsp3) is 0.545. The number of nitrogens with zero attached hydrogens (tertiary/aromatic N) is 1. The monoisotopic (exact) mass is 529 g/mol. The van der Waals surface area contributed by atoms with Crippen LogP contribution in [-0.4, -0.2) is 70.3 Å². The lowest BCUT2D eigenvalue weighted by molar-refractivity contribution is -0.306. The summed E-state index contributed by atoms with van der Waals surface area (Å²) in [5.74, 6) is -0.0557. The van der Waals surface area contributed by atoms with Crippen molar-refractivity contribution >= 4 is 32.6 Å². The van der Waals surface area contributed by atoms with Crippen LogP contribution in [0.3, 0.4) is 0 Å². The molecular formula is C22H28BrNO9. The largest absolute Gasteiger partial charge is 0.506 e. The standard InChI is InChI=1S/C22H28BrNO9/c1-10-13(31-21-17(27)16(26)19(29-5)22(3,4)33-21)7-6-12-15(25)14(20(28)32-18(10)12)11(2)24-30-9-8-23/h6-7,16-17,19,21,25-27H,8-9H2,1-5H3/t16-,17-,19-,21-/m1/s1. The van der Waals surface area contributed by atoms with E-state index in [4.69, 9.17) is 23.5 Å². The molecule has 1 saturated heterocycles. The van der Waals surface area contributed by atoms with Gasteiger partial charge in [0.2, 0.25) is 6.29 Å². The van der Waals surface area contributed by atoms with Gasteiger partial charge in [-0.25, -0.2) is 4.79 Å². The molecule has 1 fully saturated rings. The molecule has 182 valence electrons. The van der Waals surface area contributed by atoms with E-state index in [9.17, 15) is 20.1 Å². The molecule has 2 aromatic rings. The molecule has 1 aliphatic rings. The molecule has 1 aliphatic heterocycles. The molecule has 2 heterocycles. The van der Waals surface area contributed by atoms with Crippen molar-refractivity contribution < 1.29 is 38.8 Å². The molecule has 11 heteroatoms. The third-order valence-corrected chi connectivity index (χ3v) is 5.84. The Morgan fingerprint density at radius 1 is 1.27 bits per heavy atom. The van der Waals surface area contributed by atoms with Crippen LogP contribution >= 0.6 is 15.9 Å². The number of oxime groups is 1. The Hall–Kier alpha value is -2.18. The molecule has 3 rings (SSSR count). The topological polar surface area (TPSA) is 140 Å². The number of aliphatic hydroxyl groups is 2. The molecule has 0 bridgehead atoms. The molecule has 0 unspecified atom stereocenters. The second-order valence-electron chi connectivity index (χ2n) is 8.22. The summed E-state index contributed by atoms with van der Waals surface area (Å²) in [6, 6.07) is 3.06. The van der Waals surface area contributed by atoms with Crippen LogP contribution in [0.2, 0.25) is 0 Å². The second-order valence-corrected chi connectivity index (χ2v) is 9.02. The first-order chi connectivity index (χ1) is 15.5. The number of rotatable bonds is 7. The van der Waals surface area contributed by atoms with Crippen molar-refractivity contribution in [1.29, 1.82) is 0 Å². The first kappa shape index (κ1) is 25.4. The molecule has 0 saturated carbocycles. The average molecular weight is 530 g/mol. The molecule has 1 aromatic heterocycles. The number of fused-ring (bicyclic) bond motifs is 1. The summed E-state index contributed by atoms with van der Waals surface area (Å²) in [4.78, 5) is 17.7. The number of ether oxygens (including phenoxy) is 3. The number of hydrogen-bond acceptors (Lipinski definition) is 10. The molecule has 3 N–H and O–H groups in total. The zero-order valence-corrected chi connectivity index (χ0v) is 20.6. The predicted molar refractivity (Wildman–Crippen MR) is 123 cm³/mol. The van der Waals surface area contributed by atoms with Crippen LogP contribution in [0.25, 0.3) is 11.0 Å². The van der Waals surface area contributed by atoms with Gasteiger partial charge in [0, 0.05) is 18.0 Å². The number of alkyl halides is 1. The molecule has 0 amide bonds. The summed E-state index contributed by atoms with van der Waals surface area (Å²) in [7, 11) is 1.42. The Morgan fingerprint density at radius 2 is 1.97 bits per heavy atom. The summed E-state index contributed by atoms with van der Waals surface area (Å²) in [6.07, 6.45) is -4.61. The summed E-state index contributed by atoms with van der Waals surface area (Å²) in [5, 5.41) is 36.3. The summed E-state index contributed by atoms with van der Waals surface area (Å²) in [6.45, 7) is 6.88. The minimum absolute atomic E-state index is 0.104. The number of aliphatic hydroxyl groups excluding tert-OH is 2. The number of hydrogen-bond donors (Lipinski definition) is 3. The van der Waals surface area contributed by atoms with Crippen LogP contribution < -0.4 is 10.4 Å².